The van der Waals surface area contributed by atoms with Gasteiger partial charge in [0.05, 0.1) is 0 Å². The SMILES string of the molecule is CCCC(C)C(NCC)c1c(C)c(C)c(C)c(C)c1C. The molecule has 0 aliphatic rings. The number of hydrogen-bond donors (Lipinski definition) is 1. The van der Waals surface area contributed by atoms with E-state index in [-0.39, 0.29) is 0 Å². The minimum absolute atomic E-state index is 0.484. The van der Waals surface area contributed by atoms with Crippen molar-refractivity contribution in [2.24, 2.45) is 5.92 Å². The zero-order valence-electron chi connectivity index (χ0n) is 14.8. The second kappa shape index (κ2) is 7.26. The topological polar surface area (TPSA) is 12.0 Å². The predicted molar refractivity (Wildman–Crippen MR) is 90.6 cm³/mol. The summed E-state index contributed by atoms with van der Waals surface area (Å²) >= 11 is 0. The first-order valence-electron chi connectivity index (χ1n) is 8.16. The number of nitrogens with one attached hydrogen (secondary N) is 1. The lowest BCUT2D eigenvalue weighted by atomic mass is 9.81. The van der Waals surface area contributed by atoms with Crippen molar-refractivity contribution in [2.75, 3.05) is 6.54 Å². The quantitative estimate of drug-likeness (QED) is 0.741. The highest BCUT2D eigenvalue weighted by Crippen LogP contribution is 2.35. The molecule has 0 bridgehead atoms. The maximum absolute atomic E-state index is 3.74. The second-order valence-electron chi connectivity index (χ2n) is 6.34. The van der Waals surface area contributed by atoms with Gasteiger partial charge in [-0.2, -0.15) is 0 Å². The van der Waals surface area contributed by atoms with Crippen LogP contribution in [0.2, 0.25) is 0 Å². The van der Waals surface area contributed by atoms with E-state index in [1.54, 1.807) is 5.56 Å². The molecule has 20 heavy (non-hydrogen) atoms. The Labute approximate surface area is 126 Å². The molecule has 0 saturated heterocycles. The third kappa shape index (κ3) is 3.25. The maximum Gasteiger partial charge on any atom is 0.0351 e. The standard InChI is InChI=1S/C19H33N/c1-9-11-12(3)19(20-10-2)18-16(7)14(5)13(4)15(6)17(18)8/h12,19-20H,9-11H2,1-8H3. The van der Waals surface area contributed by atoms with Gasteiger partial charge >= 0.3 is 0 Å². The highest BCUT2D eigenvalue weighted by Gasteiger charge is 2.23. The van der Waals surface area contributed by atoms with Gasteiger partial charge in [0, 0.05) is 6.04 Å². The van der Waals surface area contributed by atoms with Crippen LogP contribution in [0.3, 0.4) is 0 Å². The molecule has 2 atom stereocenters. The fraction of sp³-hybridized carbons (Fsp3) is 0.684. The molecule has 0 aliphatic heterocycles. The molecule has 1 nitrogen and oxygen atoms in total. The number of hydrogen-bond acceptors (Lipinski definition) is 1. The molecule has 1 rings (SSSR count). The lowest BCUT2D eigenvalue weighted by Gasteiger charge is -2.30. The van der Waals surface area contributed by atoms with Gasteiger partial charge in [0.15, 0.2) is 0 Å². The van der Waals surface area contributed by atoms with Gasteiger partial charge in [-0.05, 0) is 86.9 Å². The monoisotopic (exact) mass is 275 g/mol. The van der Waals surface area contributed by atoms with Gasteiger partial charge in [0.25, 0.3) is 0 Å². The van der Waals surface area contributed by atoms with Gasteiger partial charge in [0.1, 0.15) is 0 Å². The summed E-state index contributed by atoms with van der Waals surface area (Å²) in [6.07, 6.45) is 2.54. The first-order valence-corrected chi connectivity index (χ1v) is 8.16. The molecule has 1 N–H and O–H groups in total. The summed E-state index contributed by atoms with van der Waals surface area (Å²) in [5.41, 5.74) is 8.92. The van der Waals surface area contributed by atoms with E-state index in [0.29, 0.717) is 12.0 Å². The molecule has 1 aromatic rings. The van der Waals surface area contributed by atoms with Crippen LogP contribution in [0.5, 0.6) is 0 Å². The van der Waals surface area contributed by atoms with E-state index >= 15 is 0 Å². The molecule has 0 amide bonds. The van der Waals surface area contributed by atoms with Crippen LogP contribution < -0.4 is 5.32 Å². The molecule has 0 heterocycles. The van der Waals surface area contributed by atoms with Crippen molar-refractivity contribution in [1.29, 1.82) is 0 Å². The van der Waals surface area contributed by atoms with Crippen LogP contribution in [0.15, 0.2) is 0 Å². The summed E-state index contributed by atoms with van der Waals surface area (Å²) in [7, 11) is 0. The number of rotatable bonds is 6. The first kappa shape index (κ1) is 17.2. The van der Waals surface area contributed by atoms with E-state index in [2.05, 4.69) is 60.7 Å². The van der Waals surface area contributed by atoms with E-state index < -0.39 is 0 Å². The average Bonchev–Trinajstić information content (AvgIpc) is 2.42. The fourth-order valence-electron chi connectivity index (χ4n) is 3.43. The zero-order valence-corrected chi connectivity index (χ0v) is 14.8. The Morgan fingerprint density at radius 3 is 1.65 bits per heavy atom. The van der Waals surface area contributed by atoms with Crippen LogP contribution in [0.4, 0.5) is 0 Å². The van der Waals surface area contributed by atoms with Gasteiger partial charge in [-0.1, -0.05) is 27.2 Å². The minimum atomic E-state index is 0.484. The van der Waals surface area contributed by atoms with Gasteiger partial charge in [-0.3, -0.25) is 0 Å². The molecule has 114 valence electrons. The fourth-order valence-corrected chi connectivity index (χ4v) is 3.43. The zero-order chi connectivity index (χ0) is 15.4. The summed E-state index contributed by atoms with van der Waals surface area (Å²) < 4.78 is 0. The smallest absolute Gasteiger partial charge is 0.0351 e. The molecule has 0 aromatic heterocycles. The van der Waals surface area contributed by atoms with Crippen LogP contribution >= 0.6 is 0 Å². The second-order valence-corrected chi connectivity index (χ2v) is 6.34. The highest BCUT2D eigenvalue weighted by atomic mass is 14.9. The Kier molecular flexibility index (Phi) is 6.26. The van der Waals surface area contributed by atoms with Crippen LogP contribution in [-0.4, -0.2) is 6.54 Å². The molecule has 0 spiro atoms. The Morgan fingerprint density at radius 1 is 0.800 bits per heavy atom. The third-order valence-electron chi connectivity index (χ3n) is 5.11. The average molecular weight is 275 g/mol. The van der Waals surface area contributed by atoms with Crippen molar-refractivity contribution < 1.29 is 0 Å². The summed E-state index contributed by atoms with van der Waals surface area (Å²) in [6, 6.07) is 0.484. The van der Waals surface area contributed by atoms with E-state index in [4.69, 9.17) is 0 Å². The lowest BCUT2D eigenvalue weighted by Crippen LogP contribution is -2.29. The first-order chi connectivity index (χ1) is 9.36. The molecule has 0 radical (unpaired) electrons. The van der Waals surface area contributed by atoms with Gasteiger partial charge in [-0.25, -0.2) is 0 Å². The highest BCUT2D eigenvalue weighted by molar-refractivity contribution is 5.50. The van der Waals surface area contributed by atoms with Crippen molar-refractivity contribution in [3.05, 3.63) is 33.4 Å². The largest absolute Gasteiger partial charge is 0.310 e. The minimum Gasteiger partial charge on any atom is -0.310 e. The lowest BCUT2D eigenvalue weighted by molar-refractivity contribution is 0.366. The van der Waals surface area contributed by atoms with Crippen LogP contribution in [0.25, 0.3) is 0 Å². The normalized spacial score (nSPS) is 14.4. The van der Waals surface area contributed by atoms with Crippen molar-refractivity contribution in [3.8, 4) is 0 Å². The van der Waals surface area contributed by atoms with Crippen LogP contribution in [0.1, 0.15) is 73.0 Å². The summed E-state index contributed by atoms with van der Waals surface area (Å²) in [6.45, 7) is 19.3. The molecule has 0 fully saturated rings. The van der Waals surface area contributed by atoms with E-state index in [1.165, 1.54) is 40.7 Å². The maximum atomic E-state index is 3.74. The summed E-state index contributed by atoms with van der Waals surface area (Å²) in [5.74, 6) is 0.679. The predicted octanol–water partition coefficient (Wildman–Crippen LogP) is 5.32. The Morgan fingerprint density at radius 2 is 1.25 bits per heavy atom. The summed E-state index contributed by atoms with van der Waals surface area (Å²) in [5, 5.41) is 3.74. The molecule has 0 aliphatic carbocycles. The third-order valence-corrected chi connectivity index (χ3v) is 5.11. The van der Waals surface area contributed by atoms with E-state index in [9.17, 15) is 0 Å². The van der Waals surface area contributed by atoms with Crippen molar-refractivity contribution in [2.45, 2.75) is 74.3 Å². The molecule has 1 heteroatoms. The van der Waals surface area contributed by atoms with Crippen LogP contribution in [-0.2, 0) is 0 Å². The van der Waals surface area contributed by atoms with E-state index in [1.807, 2.05) is 0 Å². The van der Waals surface area contributed by atoms with Gasteiger partial charge in [-0.15, -0.1) is 0 Å². The molecule has 2 unspecified atom stereocenters. The van der Waals surface area contributed by atoms with Crippen molar-refractivity contribution in [3.63, 3.8) is 0 Å². The number of benzene rings is 1. The molecule has 0 saturated carbocycles. The van der Waals surface area contributed by atoms with Crippen molar-refractivity contribution >= 4 is 0 Å². The van der Waals surface area contributed by atoms with Crippen LogP contribution in [0, 0.1) is 40.5 Å². The van der Waals surface area contributed by atoms with Crippen molar-refractivity contribution in [1.82, 2.24) is 5.32 Å². The Hall–Kier alpha value is -0.820. The summed E-state index contributed by atoms with van der Waals surface area (Å²) in [4.78, 5) is 0. The molecular formula is C19H33N. The Bertz CT molecular complexity index is 430. The van der Waals surface area contributed by atoms with Gasteiger partial charge < -0.3 is 5.32 Å². The molecular weight excluding hydrogens is 242 g/mol. The van der Waals surface area contributed by atoms with E-state index in [0.717, 1.165) is 6.54 Å². The molecule has 1 aromatic carbocycles. The Balaban J connectivity index is 3.40. The van der Waals surface area contributed by atoms with Gasteiger partial charge in [0.2, 0.25) is 0 Å².